The fourth-order valence-corrected chi connectivity index (χ4v) is 2.22. The minimum atomic E-state index is -0.764. The minimum absolute atomic E-state index is 0.323. The van der Waals surface area contributed by atoms with E-state index in [4.69, 9.17) is 4.74 Å². The molecule has 13 heavy (non-hydrogen) atoms. The van der Waals surface area contributed by atoms with Gasteiger partial charge in [-0.1, -0.05) is 24.3 Å². The van der Waals surface area contributed by atoms with Crippen LogP contribution in [0.5, 0.6) is 0 Å². The van der Waals surface area contributed by atoms with Gasteiger partial charge >= 0.3 is 0 Å². The van der Waals surface area contributed by atoms with Crippen molar-refractivity contribution in [1.29, 1.82) is 0 Å². The standard InChI is InChI=1S/C10H10O3/c11-7-8(12)10-6-4-2-1-3-5(6)9(7)13-10/h1-4,7-12H/t7-,8+,9+,10-. The summed E-state index contributed by atoms with van der Waals surface area (Å²) in [6, 6.07) is 7.72. The molecule has 1 aromatic rings. The van der Waals surface area contributed by atoms with E-state index >= 15 is 0 Å². The zero-order chi connectivity index (χ0) is 9.00. The van der Waals surface area contributed by atoms with Crippen LogP contribution in [0, 0.1) is 0 Å². The Hall–Kier alpha value is -0.900. The smallest absolute Gasteiger partial charge is 0.113 e. The lowest BCUT2D eigenvalue weighted by Gasteiger charge is -2.21. The Morgan fingerprint density at radius 3 is 1.85 bits per heavy atom. The Balaban J connectivity index is 2.16. The quantitative estimate of drug-likeness (QED) is 0.609. The first kappa shape index (κ1) is 7.50. The molecule has 1 fully saturated rings. The van der Waals surface area contributed by atoms with Crippen LogP contribution in [0.3, 0.4) is 0 Å². The first-order chi connectivity index (χ1) is 6.29. The van der Waals surface area contributed by atoms with Gasteiger partial charge in [0.1, 0.15) is 24.4 Å². The molecule has 1 aromatic carbocycles. The summed E-state index contributed by atoms with van der Waals surface area (Å²) >= 11 is 0. The summed E-state index contributed by atoms with van der Waals surface area (Å²) in [5.74, 6) is 0. The average molecular weight is 178 g/mol. The summed E-state index contributed by atoms with van der Waals surface area (Å²) in [5.41, 5.74) is 2.04. The fourth-order valence-electron chi connectivity index (χ4n) is 2.22. The molecule has 4 atom stereocenters. The van der Waals surface area contributed by atoms with E-state index in [1.54, 1.807) is 0 Å². The summed E-state index contributed by atoms with van der Waals surface area (Å²) in [7, 11) is 0. The summed E-state index contributed by atoms with van der Waals surface area (Å²) in [4.78, 5) is 0. The number of benzene rings is 1. The highest BCUT2D eigenvalue weighted by molar-refractivity contribution is 5.39. The van der Waals surface area contributed by atoms with Crippen LogP contribution in [-0.2, 0) is 4.74 Å². The molecular formula is C10H10O3. The van der Waals surface area contributed by atoms with Gasteiger partial charge in [0.15, 0.2) is 0 Å². The van der Waals surface area contributed by atoms with Crippen LogP contribution in [0.4, 0.5) is 0 Å². The van der Waals surface area contributed by atoms with E-state index in [0.29, 0.717) is 0 Å². The van der Waals surface area contributed by atoms with Gasteiger partial charge in [-0.15, -0.1) is 0 Å². The van der Waals surface area contributed by atoms with Gasteiger partial charge in [0, 0.05) is 0 Å². The van der Waals surface area contributed by atoms with Gasteiger partial charge in [-0.25, -0.2) is 0 Å². The van der Waals surface area contributed by atoms with Crippen LogP contribution in [0.15, 0.2) is 24.3 Å². The van der Waals surface area contributed by atoms with E-state index in [-0.39, 0.29) is 12.2 Å². The fraction of sp³-hybridized carbons (Fsp3) is 0.400. The topological polar surface area (TPSA) is 49.7 Å². The van der Waals surface area contributed by atoms with Crippen molar-refractivity contribution in [3.63, 3.8) is 0 Å². The van der Waals surface area contributed by atoms with Crippen LogP contribution in [0.2, 0.25) is 0 Å². The van der Waals surface area contributed by atoms with Gasteiger partial charge in [-0.3, -0.25) is 0 Å². The lowest BCUT2D eigenvalue weighted by Crippen LogP contribution is -2.30. The first-order valence-corrected chi connectivity index (χ1v) is 4.39. The average Bonchev–Trinajstić information content (AvgIpc) is 2.66. The maximum Gasteiger partial charge on any atom is 0.113 e. The molecule has 2 N–H and O–H groups in total. The number of fused-ring (bicyclic) bond motifs is 5. The van der Waals surface area contributed by atoms with E-state index in [0.717, 1.165) is 11.1 Å². The lowest BCUT2D eigenvalue weighted by molar-refractivity contribution is 0.0217. The molecule has 3 rings (SSSR count). The Morgan fingerprint density at radius 1 is 0.923 bits per heavy atom. The molecule has 0 aromatic heterocycles. The highest BCUT2D eigenvalue weighted by Gasteiger charge is 2.50. The largest absolute Gasteiger partial charge is 0.387 e. The highest BCUT2D eigenvalue weighted by Crippen LogP contribution is 2.50. The third-order valence-electron chi connectivity index (χ3n) is 2.87. The van der Waals surface area contributed by atoms with Crippen LogP contribution in [0.25, 0.3) is 0 Å². The monoisotopic (exact) mass is 178 g/mol. The van der Waals surface area contributed by atoms with E-state index < -0.39 is 12.2 Å². The van der Waals surface area contributed by atoms with Gasteiger partial charge in [0.05, 0.1) is 0 Å². The molecule has 0 spiro atoms. The second-order valence-corrected chi connectivity index (χ2v) is 3.59. The van der Waals surface area contributed by atoms with Crippen molar-refractivity contribution >= 4 is 0 Å². The molecule has 3 nitrogen and oxygen atoms in total. The van der Waals surface area contributed by atoms with Gasteiger partial charge in [-0.2, -0.15) is 0 Å². The molecule has 0 saturated carbocycles. The Kier molecular flexibility index (Phi) is 1.34. The highest BCUT2D eigenvalue weighted by atomic mass is 16.5. The third-order valence-corrected chi connectivity index (χ3v) is 2.87. The molecule has 68 valence electrons. The van der Waals surface area contributed by atoms with Crippen molar-refractivity contribution < 1.29 is 14.9 Å². The number of aliphatic hydroxyl groups is 2. The predicted octanol–water partition coefficient (Wildman–Crippen LogP) is 0.534. The van der Waals surface area contributed by atoms with Crippen molar-refractivity contribution in [2.24, 2.45) is 0 Å². The van der Waals surface area contributed by atoms with Crippen molar-refractivity contribution in [2.45, 2.75) is 24.4 Å². The number of hydrogen-bond donors (Lipinski definition) is 2. The normalized spacial score (nSPS) is 40.8. The van der Waals surface area contributed by atoms with Gasteiger partial charge < -0.3 is 14.9 Å². The Bertz CT molecular complexity index is 317. The number of ether oxygens (including phenoxy) is 1. The second kappa shape index (κ2) is 2.32. The minimum Gasteiger partial charge on any atom is -0.387 e. The maximum atomic E-state index is 9.56. The zero-order valence-electron chi connectivity index (χ0n) is 6.92. The van der Waals surface area contributed by atoms with Crippen LogP contribution < -0.4 is 0 Å². The molecule has 0 aliphatic carbocycles. The summed E-state index contributed by atoms with van der Waals surface area (Å²) in [6.45, 7) is 0. The van der Waals surface area contributed by atoms with E-state index in [2.05, 4.69) is 0 Å². The molecule has 0 unspecified atom stereocenters. The summed E-state index contributed by atoms with van der Waals surface area (Å²) < 4.78 is 5.47. The molecule has 0 amide bonds. The molecule has 2 bridgehead atoms. The molecule has 2 aliphatic heterocycles. The van der Waals surface area contributed by atoms with Gasteiger partial charge in [0.2, 0.25) is 0 Å². The Labute approximate surface area is 75.6 Å². The number of hydrogen-bond acceptors (Lipinski definition) is 3. The molecule has 2 aliphatic rings. The molecular weight excluding hydrogens is 168 g/mol. The van der Waals surface area contributed by atoms with Crippen LogP contribution in [-0.4, -0.2) is 22.4 Å². The van der Waals surface area contributed by atoms with Crippen molar-refractivity contribution in [1.82, 2.24) is 0 Å². The van der Waals surface area contributed by atoms with Crippen molar-refractivity contribution in [3.05, 3.63) is 35.4 Å². The van der Waals surface area contributed by atoms with Crippen molar-refractivity contribution in [3.8, 4) is 0 Å². The van der Waals surface area contributed by atoms with E-state index in [9.17, 15) is 10.2 Å². The summed E-state index contributed by atoms with van der Waals surface area (Å²) in [6.07, 6.45) is -2.17. The lowest BCUT2D eigenvalue weighted by atomic mass is 9.88. The molecule has 1 saturated heterocycles. The molecule has 3 heteroatoms. The second-order valence-electron chi connectivity index (χ2n) is 3.59. The van der Waals surface area contributed by atoms with Crippen molar-refractivity contribution in [2.75, 3.05) is 0 Å². The van der Waals surface area contributed by atoms with Gasteiger partial charge in [0.25, 0.3) is 0 Å². The van der Waals surface area contributed by atoms with Crippen LogP contribution >= 0.6 is 0 Å². The number of aliphatic hydroxyl groups excluding tert-OH is 2. The molecule has 0 radical (unpaired) electrons. The first-order valence-electron chi connectivity index (χ1n) is 4.39. The Morgan fingerprint density at radius 2 is 1.38 bits per heavy atom. The van der Waals surface area contributed by atoms with E-state index in [1.165, 1.54) is 0 Å². The predicted molar refractivity (Wildman–Crippen MR) is 45.0 cm³/mol. The zero-order valence-corrected chi connectivity index (χ0v) is 6.92. The SMILES string of the molecule is O[C@@H]1[C@H](O)[C@@H]2O[C@H]1c1ccccc12. The number of rotatable bonds is 0. The maximum absolute atomic E-state index is 9.56. The van der Waals surface area contributed by atoms with Gasteiger partial charge in [-0.05, 0) is 11.1 Å². The third kappa shape index (κ3) is 0.790. The van der Waals surface area contributed by atoms with E-state index in [1.807, 2.05) is 24.3 Å². The van der Waals surface area contributed by atoms with Crippen LogP contribution in [0.1, 0.15) is 23.3 Å². The summed E-state index contributed by atoms with van der Waals surface area (Å²) in [5, 5.41) is 19.1. The molecule has 2 heterocycles.